The minimum Gasteiger partial charge on any atom is -0.0698 e. The lowest BCUT2D eigenvalue weighted by atomic mass is 9.64. The van der Waals surface area contributed by atoms with Crippen molar-refractivity contribution >= 4 is 0 Å². The van der Waals surface area contributed by atoms with Gasteiger partial charge in [0.2, 0.25) is 0 Å². The summed E-state index contributed by atoms with van der Waals surface area (Å²) in [6.07, 6.45) is 14.2. The van der Waals surface area contributed by atoms with Crippen LogP contribution in [0.4, 0.5) is 0 Å². The van der Waals surface area contributed by atoms with Crippen LogP contribution in [0.3, 0.4) is 0 Å². The molecule has 0 nitrogen and oxygen atoms in total. The van der Waals surface area contributed by atoms with Crippen molar-refractivity contribution in [3.63, 3.8) is 0 Å². The van der Waals surface area contributed by atoms with Gasteiger partial charge >= 0.3 is 0 Å². The van der Waals surface area contributed by atoms with E-state index in [-0.39, 0.29) is 5.41 Å². The first-order valence-electron chi connectivity index (χ1n) is 5.03. The average molecular weight is 180 g/mol. The zero-order valence-electron chi connectivity index (χ0n) is 7.98. The van der Waals surface area contributed by atoms with E-state index < -0.39 is 0 Å². The molecule has 0 bridgehead atoms. The van der Waals surface area contributed by atoms with Crippen LogP contribution in [0.1, 0.15) is 11.1 Å². The zero-order valence-corrected chi connectivity index (χ0v) is 7.98. The van der Waals surface area contributed by atoms with Crippen molar-refractivity contribution in [2.45, 2.75) is 11.8 Å². The third-order valence-electron chi connectivity index (χ3n) is 3.12. The van der Waals surface area contributed by atoms with Crippen molar-refractivity contribution in [2.75, 3.05) is 0 Å². The molecule has 0 heterocycles. The van der Waals surface area contributed by atoms with Gasteiger partial charge in [-0.3, -0.25) is 0 Å². The minimum absolute atomic E-state index is 0.195. The van der Waals surface area contributed by atoms with Gasteiger partial charge < -0.3 is 0 Å². The van der Waals surface area contributed by atoms with E-state index >= 15 is 0 Å². The second-order valence-corrected chi connectivity index (χ2v) is 3.98. The summed E-state index contributed by atoms with van der Waals surface area (Å²) < 4.78 is 0. The summed E-state index contributed by atoms with van der Waals surface area (Å²) in [7, 11) is 0. The van der Waals surface area contributed by atoms with Crippen LogP contribution in [0.5, 0.6) is 0 Å². The van der Waals surface area contributed by atoms with Gasteiger partial charge in [-0.25, -0.2) is 0 Å². The standard InChI is InChI=1S/C14H12/c1-2-6-10-14(9-5-1)11-12-7-3-4-8-13(12)14/h1-10H,11H2. The van der Waals surface area contributed by atoms with E-state index in [1.54, 1.807) is 0 Å². The molecule has 0 saturated carbocycles. The first-order chi connectivity index (χ1) is 6.91. The van der Waals surface area contributed by atoms with Crippen LogP contribution in [0.25, 0.3) is 0 Å². The van der Waals surface area contributed by atoms with E-state index in [4.69, 9.17) is 0 Å². The molecule has 0 aliphatic heterocycles. The summed E-state index contributed by atoms with van der Waals surface area (Å²) in [4.78, 5) is 0. The van der Waals surface area contributed by atoms with Gasteiger partial charge in [-0.15, -0.1) is 0 Å². The molecule has 68 valence electrons. The SMILES string of the molecule is C1=CC=CC2(C=C1)Cc1ccccc12. The molecule has 2 aliphatic carbocycles. The number of fused-ring (bicyclic) bond motifs is 2. The van der Waals surface area contributed by atoms with E-state index in [2.05, 4.69) is 60.7 Å². The molecule has 0 saturated heterocycles. The third kappa shape index (κ3) is 0.941. The Hall–Kier alpha value is -1.56. The molecular formula is C14H12. The maximum atomic E-state index is 2.30. The van der Waals surface area contributed by atoms with Gasteiger partial charge in [-0.2, -0.15) is 0 Å². The van der Waals surface area contributed by atoms with Crippen LogP contribution in [0.2, 0.25) is 0 Å². The summed E-state index contributed by atoms with van der Waals surface area (Å²) in [5.41, 5.74) is 3.15. The zero-order chi connectivity index (χ0) is 9.43. The molecule has 1 spiro atoms. The Kier molecular flexibility index (Phi) is 1.51. The second kappa shape index (κ2) is 2.71. The molecule has 0 heteroatoms. The summed E-state index contributed by atoms with van der Waals surface area (Å²) in [6.45, 7) is 0. The monoisotopic (exact) mass is 180 g/mol. The van der Waals surface area contributed by atoms with Crippen LogP contribution < -0.4 is 0 Å². The van der Waals surface area contributed by atoms with Crippen LogP contribution in [0.15, 0.2) is 60.7 Å². The Bertz CT molecular complexity index is 431. The highest BCUT2D eigenvalue weighted by Gasteiger charge is 2.37. The van der Waals surface area contributed by atoms with Crippen molar-refractivity contribution in [3.8, 4) is 0 Å². The minimum atomic E-state index is 0.195. The molecule has 1 aromatic carbocycles. The number of allylic oxidation sites excluding steroid dienone is 6. The van der Waals surface area contributed by atoms with Gasteiger partial charge in [0, 0.05) is 5.41 Å². The second-order valence-electron chi connectivity index (χ2n) is 3.98. The Labute approximate surface area is 84.3 Å². The van der Waals surface area contributed by atoms with Crippen molar-refractivity contribution in [1.29, 1.82) is 0 Å². The van der Waals surface area contributed by atoms with Crippen molar-refractivity contribution < 1.29 is 0 Å². The van der Waals surface area contributed by atoms with Crippen LogP contribution in [-0.4, -0.2) is 0 Å². The number of hydrogen-bond donors (Lipinski definition) is 0. The molecule has 0 fully saturated rings. The smallest absolute Gasteiger partial charge is 0.0361 e. The Morgan fingerprint density at radius 1 is 0.857 bits per heavy atom. The Balaban J connectivity index is 2.11. The summed E-state index contributed by atoms with van der Waals surface area (Å²) in [5, 5.41) is 0. The number of benzene rings is 1. The van der Waals surface area contributed by atoms with E-state index in [0.29, 0.717) is 0 Å². The number of hydrogen-bond acceptors (Lipinski definition) is 0. The topological polar surface area (TPSA) is 0 Å². The number of rotatable bonds is 0. The lowest BCUT2D eigenvalue weighted by Gasteiger charge is -2.39. The fourth-order valence-corrected chi connectivity index (χ4v) is 2.37. The first kappa shape index (κ1) is 7.81. The summed E-state index contributed by atoms with van der Waals surface area (Å²) >= 11 is 0. The lowest BCUT2D eigenvalue weighted by molar-refractivity contribution is 0.581. The normalized spacial score (nSPS) is 20.3. The fourth-order valence-electron chi connectivity index (χ4n) is 2.37. The Morgan fingerprint density at radius 3 is 2.29 bits per heavy atom. The molecule has 14 heavy (non-hydrogen) atoms. The average Bonchev–Trinajstić information content (AvgIpc) is 2.44. The first-order valence-corrected chi connectivity index (χ1v) is 5.03. The van der Waals surface area contributed by atoms with Gasteiger partial charge in [0.25, 0.3) is 0 Å². The molecule has 0 radical (unpaired) electrons. The maximum absolute atomic E-state index is 2.30. The highest BCUT2D eigenvalue weighted by Crippen LogP contribution is 2.43. The fraction of sp³-hybridized carbons (Fsp3) is 0.143. The molecule has 1 aromatic rings. The van der Waals surface area contributed by atoms with E-state index in [1.807, 2.05) is 0 Å². The molecule has 2 aliphatic rings. The van der Waals surface area contributed by atoms with Crippen LogP contribution >= 0.6 is 0 Å². The molecule has 0 amide bonds. The molecule has 0 atom stereocenters. The molecule has 0 N–H and O–H groups in total. The van der Waals surface area contributed by atoms with Gasteiger partial charge in [0.05, 0.1) is 0 Å². The lowest BCUT2D eigenvalue weighted by Crippen LogP contribution is -2.34. The molecule has 3 rings (SSSR count). The van der Waals surface area contributed by atoms with Gasteiger partial charge in [-0.1, -0.05) is 60.7 Å². The predicted octanol–water partition coefficient (Wildman–Crippen LogP) is 3.16. The molecule has 0 unspecified atom stereocenters. The third-order valence-corrected chi connectivity index (χ3v) is 3.12. The summed E-state index contributed by atoms with van der Waals surface area (Å²) in [5.74, 6) is 0. The molecule has 0 aromatic heterocycles. The van der Waals surface area contributed by atoms with Gasteiger partial charge in [0.1, 0.15) is 0 Å². The van der Waals surface area contributed by atoms with E-state index in [0.717, 1.165) is 6.42 Å². The largest absolute Gasteiger partial charge is 0.0698 e. The molecular weight excluding hydrogens is 168 g/mol. The highest BCUT2D eigenvalue weighted by atomic mass is 14.4. The van der Waals surface area contributed by atoms with Gasteiger partial charge in [0.15, 0.2) is 0 Å². The highest BCUT2D eigenvalue weighted by molar-refractivity contribution is 5.54. The van der Waals surface area contributed by atoms with E-state index in [9.17, 15) is 0 Å². The van der Waals surface area contributed by atoms with Gasteiger partial charge in [-0.05, 0) is 17.5 Å². The maximum Gasteiger partial charge on any atom is 0.0361 e. The van der Waals surface area contributed by atoms with Crippen molar-refractivity contribution in [2.24, 2.45) is 0 Å². The Morgan fingerprint density at radius 2 is 1.57 bits per heavy atom. The predicted molar refractivity (Wildman–Crippen MR) is 59.2 cm³/mol. The van der Waals surface area contributed by atoms with Crippen molar-refractivity contribution in [3.05, 3.63) is 71.8 Å². The van der Waals surface area contributed by atoms with Crippen LogP contribution in [0, 0.1) is 0 Å². The van der Waals surface area contributed by atoms with Crippen molar-refractivity contribution in [1.82, 2.24) is 0 Å². The van der Waals surface area contributed by atoms with E-state index in [1.165, 1.54) is 11.1 Å². The quantitative estimate of drug-likeness (QED) is 0.575. The summed E-state index contributed by atoms with van der Waals surface area (Å²) in [6, 6.07) is 8.70. The van der Waals surface area contributed by atoms with Crippen LogP contribution in [-0.2, 0) is 11.8 Å².